The van der Waals surface area contributed by atoms with E-state index in [1.165, 1.54) is 12.5 Å². The summed E-state index contributed by atoms with van der Waals surface area (Å²) in [7, 11) is 3.69. The standard InChI is InChI=1S/C30H34F3N5O2/c1-18(39)35-28-22(14-21-6-4-5-7-23(21)28)15-26-24(30(31,32)33)17-34-29(37-26)36-25-9-8-20(16-27(25)40-3)19-10-12-38(2)13-11-19/h4-9,16-17,19,22,28H,10-15H2,1-3H3,(H,35,39)(H,34,36,37)/t22-,28-/m0/s1. The Labute approximate surface area is 232 Å². The lowest BCUT2D eigenvalue weighted by atomic mass is 9.89. The molecule has 5 rings (SSSR count). The van der Waals surface area contributed by atoms with Crippen molar-refractivity contribution in [2.45, 2.75) is 50.7 Å². The lowest BCUT2D eigenvalue weighted by Gasteiger charge is -2.29. The molecule has 0 radical (unpaired) electrons. The number of fused-ring (bicyclic) bond motifs is 1. The van der Waals surface area contributed by atoms with E-state index in [4.69, 9.17) is 4.74 Å². The molecule has 1 aromatic heterocycles. The van der Waals surface area contributed by atoms with Crippen LogP contribution in [0.5, 0.6) is 5.75 Å². The number of alkyl halides is 3. The number of piperidine rings is 1. The van der Waals surface area contributed by atoms with Crippen molar-refractivity contribution in [1.29, 1.82) is 0 Å². The first-order valence-electron chi connectivity index (χ1n) is 13.5. The summed E-state index contributed by atoms with van der Waals surface area (Å²) >= 11 is 0. The van der Waals surface area contributed by atoms with Crippen molar-refractivity contribution in [2.75, 3.05) is 32.6 Å². The summed E-state index contributed by atoms with van der Waals surface area (Å²) in [6, 6.07) is 13.1. The van der Waals surface area contributed by atoms with Crippen molar-refractivity contribution in [3.05, 3.63) is 76.6 Å². The molecular formula is C30H34F3N5O2. The fraction of sp³-hybridized carbons (Fsp3) is 0.433. The summed E-state index contributed by atoms with van der Waals surface area (Å²) in [5, 5.41) is 6.00. The van der Waals surface area contributed by atoms with Gasteiger partial charge < -0.3 is 20.3 Å². The Morgan fingerprint density at radius 2 is 1.90 bits per heavy atom. The largest absolute Gasteiger partial charge is 0.495 e. The predicted octanol–water partition coefficient (Wildman–Crippen LogP) is 5.65. The second kappa shape index (κ2) is 11.4. The number of benzene rings is 2. The number of aromatic nitrogens is 2. The number of likely N-dealkylation sites (tertiary alicyclic amines) is 1. The van der Waals surface area contributed by atoms with Crippen molar-refractivity contribution in [1.82, 2.24) is 20.2 Å². The number of amides is 1. The van der Waals surface area contributed by atoms with E-state index in [1.54, 1.807) is 7.11 Å². The highest BCUT2D eigenvalue weighted by molar-refractivity contribution is 5.73. The maximum atomic E-state index is 14.0. The lowest BCUT2D eigenvalue weighted by Crippen LogP contribution is -2.31. The van der Waals surface area contributed by atoms with E-state index < -0.39 is 17.8 Å². The molecule has 0 spiro atoms. The summed E-state index contributed by atoms with van der Waals surface area (Å²) in [6.45, 7) is 3.48. The van der Waals surface area contributed by atoms with Crippen LogP contribution in [0.3, 0.4) is 0 Å². The fourth-order valence-corrected chi connectivity index (χ4v) is 5.93. The molecule has 2 N–H and O–H groups in total. The van der Waals surface area contributed by atoms with Gasteiger partial charge in [0.05, 0.1) is 30.1 Å². The first-order valence-corrected chi connectivity index (χ1v) is 13.5. The van der Waals surface area contributed by atoms with Crippen LogP contribution in [0.15, 0.2) is 48.7 Å². The number of nitrogens with zero attached hydrogens (tertiary/aromatic N) is 3. The van der Waals surface area contributed by atoms with E-state index in [9.17, 15) is 18.0 Å². The van der Waals surface area contributed by atoms with Crippen LogP contribution in [0.25, 0.3) is 0 Å². The van der Waals surface area contributed by atoms with E-state index in [2.05, 4.69) is 32.5 Å². The fourth-order valence-electron chi connectivity index (χ4n) is 5.93. The molecule has 0 saturated carbocycles. The summed E-state index contributed by atoms with van der Waals surface area (Å²) in [6.07, 6.45) is -1.10. The number of ether oxygens (including phenoxy) is 1. The van der Waals surface area contributed by atoms with Crippen LogP contribution >= 0.6 is 0 Å². The molecule has 1 saturated heterocycles. The smallest absolute Gasteiger partial charge is 0.419 e. The van der Waals surface area contributed by atoms with Crippen molar-refractivity contribution < 1.29 is 22.7 Å². The molecule has 212 valence electrons. The first kappa shape index (κ1) is 27.9. The van der Waals surface area contributed by atoms with Gasteiger partial charge in [0.25, 0.3) is 0 Å². The summed E-state index contributed by atoms with van der Waals surface area (Å²) in [5.41, 5.74) is 2.71. The average molecular weight is 554 g/mol. The topological polar surface area (TPSA) is 79.4 Å². The number of nitrogens with one attached hydrogen (secondary N) is 2. The molecule has 2 heterocycles. The Kier molecular flexibility index (Phi) is 7.98. The van der Waals surface area contributed by atoms with E-state index in [-0.39, 0.29) is 29.9 Å². The molecule has 3 aromatic rings. The maximum absolute atomic E-state index is 14.0. The highest BCUT2D eigenvalue weighted by Gasteiger charge is 2.39. The number of anilines is 2. The van der Waals surface area contributed by atoms with Gasteiger partial charge in [-0.1, -0.05) is 30.3 Å². The monoisotopic (exact) mass is 553 g/mol. The number of hydrogen-bond acceptors (Lipinski definition) is 6. The molecule has 2 aromatic carbocycles. The van der Waals surface area contributed by atoms with Gasteiger partial charge in [0.15, 0.2) is 0 Å². The summed E-state index contributed by atoms with van der Waals surface area (Å²) in [5.74, 6) is 0.552. The van der Waals surface area contributed by atoms with E-state index >= 15 is 0 Å². The van der Waals surface area contributed by atoms with Gasteiger partial charge in [0, 0.05) is 13.1 Å². The van der Waals surface area contributed by atoms with Gasteiger partial charge in [0.2, 0.25) is 11.9 Å². The van der Waals surface area contributed by atoms with Gasteiger partial charge in [-0.2, -0.15) is 13.2 Å². The summed E-state index contributed by atoms with van der Waals surface area (Å²) in [4.78, 5) is 22.6. The zero-order valence-electron chi connectivity index (χ0n) is 22.9. The molecule has 10 heteroatoms. The van der Waals surface area contributed by atoms with Crippen molar-refractivity contribution >= 4 is 17.5 Å². The number of rotatable bonds is 7. The Morgan fingerprint density at radius 3 is 2.60 bits per heavy atom. The molecule has 2 aliphatic rings. The predicted molar refractivity (Wildman–Crippen MR) is 147 cm³/mol. The molecule has 7 nitrogen and oxygen atoms in total. The maximum Gasteiger partial charge on any atom is 0.419 e. The third-order valence-electron chi connectivity index (χ3n) is 7.99. The zero-order valence-corrected chi connectivity index (χ0v) is 22.9. The normalized spacial score (nSPS) is 19.8. The Morgan fingerprint density at radius 1 is 1.15 bits per heavy atom. The molecular weight excluding hydrogens is 519 g/mol. The second-order valence-electron chi connectivity index (χ2n) is 10.8. The van der Waals surface area contributed by atoms with Crippen LogP contribution in [0.2, 0.25) is 0 Å². The number of halogens is 3. The van der Waals surface area contributed by atoms with Crippen LogP contribution in [0.4, 0.5) is 24.8 Å². The molecule has 0 bridgehead atoms. The minimum Gasteiger partial charge on any atom is -0.495 e. The van der Waals surface area contributed by atoms with Crippen LogP contribution in [-0.4, -0.2) is 48.0 Å². The highest BCUT2D eigenvalue weighted by atomic mass is 19.4. The molecule has 1 amide bonds. The quantitative estimate of drug-likeness (QED) is 0.394. The number of carbonyl (C=O) groups is 1. The van der Waals surface area contributed by atoms with Gasteiger partial charge in [-0.05, 0) is 86.5 Å². The highest BCUT2D eigenvalue weighted by Crippen LogP contribution is 2.41. The van der Waals surface area contributed by atoms with Crippen LogP contribution in [-0.2, 0) is 23.8 Å². The Hall–Kier alpha value is -3.66. The molecule has 1 aliphatic carbocycles. The second-order valence-corrected chi connectivity index (χ2v) is 10.8. The average Bonchev–Trinajstić information content (AvgIpc) is 3.25. The van der Waals surface area contributed by atoms with Crippen LogP contribution in [0, 0.1) is 5.92 Å². The zero-order chi connectivity index (χ0) is 28.4. The van der Waals surface area contributed by atoms with Gasteiger partial charge in [-0.3, -0.25) is 4.79 Å². The van der Waals surface area contributed by atoms with Crippen molar-refractivity contribution in [3.63, 3.8) is 0 Å². The molecule has 2 atom stereocenters. The third-order valence-corrected chi connectivity index (χ3v) is 7.99. The third kappa shape index (κ3) is 6.06. The number of hydrogen-bond donors (Lipinski definition) is 2. The molecule has 1 aliphatic heterocycles. The van der Waals surface area contributed by atoms with Gasteiger partial charge in [-0.15, -0.1) is 0 Å². The van der Waals surface area contributed by atoms with Crippen LogP contribution < -0.4 is 15.4 Å². The van der Waals surface area contributed by atoms with E-state index in [0.717, 1.165) is 43.3 Å². The minimum absolute atomic E-state index is 0.0257. The molecule has 40 heavy (non-hydrogen) atoms. The molecule has 0 unspecified atom stereocenters. The minimum atomic E-state index is -4.61. The van der Waals surface area contributed by atoms with Crippen molar-refractivity contribution in [2.24, 2.45) is 5.92 Å². The van der Waals surface area contributed by atoms with Crippen molar-refractivity contribution in [3.8, 4) is 5.75 Å². The lowest BCUT2D eigenvalue weighted by molar-refractivity contribution is -0.138. The Bertz CT molecular complexity index is 1370. The van der Waals surface area contributed by atoms with Gasteiger partial charge in [0.1, 0.15) is 5.75 Å². The van der Waals surface area contributed by atoms with E-state index in [1.807, 2.05) is 42.5 Å². The molecule has 1 fully saturated rings. The number of methoxy groups -OCH3 is 1. The Balaban J connectivity index is 1.42. The first-order chi connectivity index (χ1) is 19.1. The van der Waals surface area contributed by atoms with Crippen LogP contribution in [0.1, 0.15) is 59.7 Å². The SMILES string of the molecule is COc1cc(C2CCN(C)CC2)ccc1Nc1ncc(C(F)(F)F)c(C[C@@H]2Cc3ccccc3[C@H]2NC(C)=O)n1. The van der Waals surface area contributed by atoms with Gasteiger partial charge >= 0.3 is 6.18 Å². The number of carbonyl (C=O) groups excluding carboxylic acids is 1. The van der Waals surface area contributed by atoms with Gasteiger partial charge in [-0.25, -0.2) is 9.97 Å². The summed E-state index contributed by atoms with van der Waals surface area (Å²) < 4.78 is 47.7. The van der Waals surface area contributed by atoms with E-state index in [0.29, 0.717) is 23.8 Å².